The lowest BCUT2D eigenvalue weighted by Crippen LogP contribution is -2.21. The van der Waals surface area contributed by atoms with Crippen LogP contribution in [0, 0.1) is 5.82 Å². The molecule has 0 saturated carbocycles. The second-order valence-electron chi connectivity index (χ2n) is 7.46. The molecule has 0 aliphatic rings. The Morgan fingerprint density at radius 1 is 0.938 bits per heavy atom. The molecular formula is C26H28Cl2FNO2. The summed E-state index contributed by atoms with van der Waals surface area (Å²) in [4.78, 5) is 0. The molecule has 0 heterocycles. The van der Waals surface area contributed by atoms with Crippen LogP contribution in [0.2, 0.25) is 10.0 Å². The third-order valence-corrected chi connectivity index (χ3v) is 5.76. The summed E-state index contributed by atoms with van der Waals surface area (Å²) in [5, 5.41) is 4.34. The Bertz CT molecular complexity index is 994. The Balaban J connectivity index is 1.77. The molecule has 0 fully saturated rings. The maximum Gasteiger partial charge on any atom is 0.180 e. The van der Waals surface area contributed by atoms with Crippen LogP contribution in [-0.2, 0) is 13.2 Å². The predicted molar refractivity (Wildman–Crippen MR) is 129 cm³/mol. The van der Waals surface area contributed by atoms with Crippen LogP contribution in [0.15, 0.2) is 60.7 Å². The minimum atomic E-state index is -0.421. The highest BCUT2D eigenvalue weighted by molar-refractivity contribution is 6.32. The Hall–Kier alpha value is -2.27. The lowest BCUT2D eigenvalue weighted by molar-refractivity contribution is 0.266. The van der Waals surface area contributed by atoms with Crippen LogP contribution in [0.5, 0.6) is 11.5 Å². The maximum atomic E-state index is 14.1. The fourth-order valence-electron chi connectivity index (χ4n) is 3.54. The number of benzene rings is 3. The first kappa shape index (κ1) is 24.4. The quantitative estimate of drug-likeness (QED) is 0.307. The highest BCUT2D eigenvalue weighted by atomic mass is 35.5. The molecule has 3 aromatic carbocycles. The number of rotatable bonds is 11. The lowest BCUT2D eigenvalue weighted by atomic mass is 10.0. The van der Waals surface area contributed by atoms with Gasteiger partial charge in [-0.1, -0.05) is 72.9 Å². The molecule has 32 heavy (non-hydrogen) atoms. The molecule has 0 radical (unpaired) electrons. The molecule has 0 aromatic heterocycles. The van der Waals surface area contributed by atoms with Crippen molar-refractivity contribution in [1.82, 2.24) is 5.32 Å². The van der Waals surface area contributed by atoms with Crippen molar-refractivity contribution in [3.63, 3.8) is 0 Å². The fourth-order valence-corrected chi connectivity index (χ4v) is 4.05. The Morgan fingerprint density at radius 2 is 1.72 bits per heavy atom. The molecule has 0 saturated heterocycles. The van der Waals surface area contributed by atoms with Crippen LogP contribution < -0.4 is 14.8 Å². The summed E-state index contributed by atoms with van der Waals surface area (Å²) in [6, 6.07) is 18.9. The first-order valence-corrected chi connectivity index (χ1v) is 11.6. The van der Waals surface area contributed by atoms with Crippen LogP contribution in [0.1, 0.15) is 49.4 Å². The normalized spacial score (nSPS) is 11.9. The van der Waals surface area contributed by atoms with E-state index in [1.807, 2.05) is 25.1 Å². The van der Waals surface area contributed by atoms with Crippen molar-refractivity contribution in [1.29, 1.82) is 0 Å². The van der Waals surface area contributed by atoms with E-state index in [9.17, 15) is 4.39 Å². The van der Waals surface area contributed by atoms with Crippen LogP contribution in [0.3, 0.4) is 0 Å². The van der Waals surface area contributed by atoms with E-state index in [0.29, 0.717) is 34.7 Å². The van der Waals surface area contributed by atoms with Crippen LogP contribution >= 0.6 is 23.2 Å². The van der Waals surface area contributed by atoms with Gasteiger partial charge in [-0.2, -0.15) is 0 Å². The predicted octanol–water partition coefficient (Wildman–Crippen LogP) is 7.74. The third-order valence-electron chi connectivity index (χ3n) is 5.12. The first-order chi connectivity index (χ1) is 15.5. The van der Waals surface area contributed by atoms with Gasteiger partial charge in [-0.05, 0) is 48.7 Å². The largest absolute Gasteiger partial charge is 0.490 e. The van der Waals surface area contributed by atoms with Crippen LogP contribution in [0.25, 0.3) is 0 Å². The molecule has 1 unspecified atom stereocenters. The van der Waals surface area contributed by atoms with E-state index in [4.69, 9.17) is 32.7 Å². The van der Waals surface area contributed by atoms with E-state index in [-0.39, 0.29) is 18.2 Å². The van der Waals surface area contributed by atoms with Crippen LogP contribution in [0.4, 0.5) is 4.39 Å². The fraction of sp³-hybridized carbons (Fsp3) is 0.308. The van der Waals surface area contributed by atoms with E-state index in [0.717, 1.165) is 18.4 Å². The second kappa shape index (κ2) is 12.1. The van der Waals surface area contributed by atoms with Crippen molar-refractivity contribution in [2.75, 3.05) is 6.61 Å². The van der Waals surface area contributed by atoms with Crippen molar-refractivity contribution in [3.05, 3.63) is 93.2 Å². The first-order valence-electron chi connectivity index (χ1n) is 10.8. The van der Waals surface area contributed by atoms with Crippen molar-refractivity contribution < 1.29 is 13.9 Å². The Morgan fingerprint density at radius 3 is 2.41 bits per heavy atom. The van der Waals surface area contributed by atoms with Gasteiger partial charge >= 0.3 is 0 Å². The molecule has 0 spiro atoms. The van der Waals surface area contributed by atoms with Gasteiger partial charge in [0.25, 0.3) is 0 Å². The lowest BCUT2D eigenvalue weighted by Gasteiger charge is -2.20. The summed E-state index contributed by atoms with van der Waals surface area (Å²) in [5.74, 6) is 0.482. The van der Waals surface area contributed by atoms with E-state index >= 15 is 0 Å². The zero-order valence-electron chi connectivity index (χ0n) is 18.3. The number of halogens is 3. The standard InChI is InChI=1S/C26H28Cl2FNO2/c1-3-9-24(19-10-6-5-7-11-19)30-16-18-14-22(28)26(25(15-18)31-4-2)32-17-20-21(27)12-8-13-23(20)29/h5-8,10-15,24,30H,3-4,9,16-17H2,1-2H3. The SMILES string of the molecule is CCCC(NCc1cc(Cl)c(OCc2c(F)cccc2Cl)c(OCC)c1)c1ccccc1. The van der Waals surface area contributed by atoms with Gasteiger partial charge in [0.15, 0.2) is 11.5 Å². The molecule has 1 atom stereocenters. The second-order valence-corrected chi connectivity index (χ2v) is 8.27. The summed E-state index contributed by atoms with van der Waals surface area (Å²) < 4.78 is 25.7. The third kappa shape index (κ3) is 6.38. The molecular weight excluding hydrogens is 448 g/mol. The molecule has 3 aromatic rings. The van der Waals surface area contributed by atoms with Crippen molar-refractivity contribution in [2.24, 2.45) is 0 Å². The Kier molecular flexibility index (Phi) is 9.22. The van der Waals surface area contributed by atoms with Gasteiger partial charge in [0.1, 0.15) is 12.4 Å². The smallest absolute Gasteiger partial charge is 0.180 e. The van der Waals surface area contributed by atoms with Gasteiger partial charge in [-0.3, -0.25) is 0 Å². The highest BCUT2D eigenvalue weighted by Gasteiger charge is 2.16. The number of ether oxygens (including phenoxy) is 2. The molecule has 6 heteroatoms. The topological polar surface area (TPSA) is 30.5 Å². The molecule has 0 bridgehead atoms. The summed E-state index contributed by atoms with van der Waals surface area (Å²) >= 11 is 12.7. The summed E-state index contributed by atoms with van der Waals surface area (Å²) in [6.45, 7) is 5.10. The van der Waals surface area contributed by atoms with Gasteiger partial charge in [0.05, 0.1) is 16.7 Å². The van der Waals surface area contributed by atoms with Gasteiger partial charge in [-0.25, -0.2) is 4.39 Å². The molecule has 0 aliphatic heterocycles. The van der Waals surface area contributed by atoms with E-state index < -0.39 is 5.82 Å². The zero-order valence-corrected chi connectivity index (χ0v) is 19.8. The van der Waals surface area contributed by atoms with Gasteiger partial charge in [0.2, 0.25) is 0 Å². The minimum Gasteiger partial charge on any atom is -0.490 e. The Labute approximate surface area is 199 Å². The van der Waals surface area contributed by atoms with E-state index in [2.05, 4.69) is 36.5 Å². The van der Waals surface area contributed by atoms with Crippen molar-refractivity contribution >= 4 is 23.2 Å². The van der Waals surface area contributed by atoms with Crippen LogP contribution in [-0.4, -0.2) is 6.61 Å². The average Bonchev–Trinajstić information content (AvgIpc) is 2.78. The highest BCUT2D eigenvalue weighted by Crippen LogP contribution is 2.38. The summed E-state index contributed by atoms with van der Waals surface area (Å²) in [5.41, 5.74) is 2.52. The average molecular weight is 476 g/mol. The van der Waals surface area contributed by atoms with E-state index in [1.165, 1.54) is 11.6 Å². The molecule has 3 nitrogen and oxygen atoms in total. The number of hydrogen-bond acceptors (Lipinski definition) is 3. The number of hydrogen-bond donors (Lipinski definition) is 1. The minimum absolute atomic E-state index is 0.0462. The zero-order chi connectivity index (χ0) is 22.9. The molecule has 170 valence electrons. The van der Waals surface area contributed by atoms with Gasteiger partial charge in [0, 0.05) is 18.2 Å². The van der Waals surface area contributed by atoms with Crippen molar-refractivity contribution in [2.45, 2.75) is 45.9 Å². The molecule has 0 aliphatic carbocycles. The number of nitrogens with one attached hydrogen (secondary N) is 1. The molecule has 0 amide bonds. The summed E-state index contributed by atoms with van der Waals surface area (Å²) in [7, 11) is 0. The molecule has 3 rings (SSSR count). The molecule has 1 N–H and O–H groups in total. The van der Waals surface area contributed by atoms with Gasteiger partial charge < -0.3 is 14.8 Å². The maximum absolute atomic E-state index is 14.1. The monoisotopic (exact) mass is 475 g/mol. The summed E-state index contributed by atoms with van der Waals surface area (Å²) in [6.07, 6.45) is 2.10. The van der Waals surface area contributed by atoms with Gasteiger partial charge in [-0.15, -0.1) is 0 Å². The van der Waals surface area contributed by atoms with Crippen molar-refractivity contribution in [3.8, 4) is 11.5 Å². The van der Waals surface area contributed by atoms with E-state index in [1.54, 1.807) is 12.1 Å².